The normalized spacial score (nSPS) is 12.1. The summed E-state index contributed by atoms with van der Waals surface area (Å²) in [5, 5.41) is 14.7. The van der Waals surface area contributed by atoms with Crippen molar-refractivity contribution in [3.8, 4) is 5.75 Å². The highest BCUT2D eigenvalue weighted by molar-refractivity contribution is 5.84. The number of benzene rings is 2. The Morgan fingerprint density at radius 2 is 1.96 bits per heavy atom. The lowest BCUT2D eigenvalue weighted by molar-refractivity contribution is -0.123. The van der Waals surface area contributed by atoms with E-state index in [-0.39, 0.29) is 19.1 Å². The maximum Gasteiger partial charge on any atom is 0.258 e. The first-order valence-corrected chi connectivity index (χ1v) is 7.74. The van der Waals surface area contributed by atoms with E-state index in [0.29, 0.717) is 11.5 Å². The number of ether oxygens (including phenoxy) is 1. The van der Waals surface area contributed by atoms with Gasteiger partial charge in [-0.25, -0.2) is 0 Å². The van der Waals surface area contributed by atoms with Crippen LogP contribution in [-0.4, -0.2) is 24.2 Å². The van der Waals surface area contributed by atoms with Crippen molar-refractivity contribution < 1.29 is 19.1 Å². The lowest BCUT2D eigenvalue weighted by atomic mass is 10.1. The number of aliphatic hydroxyl groups is 1. The number of carbonyl (C=O) groups excluding carboxylic acids is 1. The molecule has 0 aliphatic rings. The molecule has 1 amide bonds. The summed E-state index contributed by atoms with van der Waals surface area (Å²) in [6.07, 6.45) is -0.872. The second kappa shape index (κ2) is 7.19. The zero-order valence-corrected chi connectivity index (χ0v) is 13.4. The molecule has 24 heavy (non-hydrogen) atoms. The van der Waals surface area contributed by atoms with E-state index in [4.69, 9.17) is 9.15 Å². The molecule has 0 saturated carbocycles. The third kappa shape index (κ3) is 3.94. The van der Waals surface area contributed by atoms with E-state index in [1.807, 2.05) is 42.5 Å². The lowest BCUT2D eigenvalue weighted by Gasteiger charge is -2.11. The van der Waals surface area contributed by atoms with Crippen LogP contribution in [0.15, 0.2) is 59.0 Å². The molecule has 2 aromatic carbocycles. The van der Waals surface area contributed by atoms with Gasteiger partial charge in [0, 0.05) is 0 Å². The van der Waals surface area contributed by atoms with Crippen LogP contribution in [0.25, 0.3) is 10.8 Å². The smallest absolute Gasteiger partial charge is 0.258 e. The third-order valence-electron chi connectivity index (χ3n) is 3.67. The summed E-state index contributed by atoms with van der Waals surface area (Å²) in [5.41, 5.74) is 0. The van der Waals surface area contributed by atoms with Gasteiger partial charge in [0.2, 0.25) is 0 Å². The number of rotatable bonds is 6. The van der Waals surface area contributed by atoms with Gasteiger partial charge in [0.15, 0.2) is 6.61 Å². The number of amides is 1. The van der Waals surface area contributed by atoms with Gasteiger partial charge in [0.05, 0.1) is 6.54 Å². The van der Waals surface area contributed by atoms with Gasteiger partial charge in [-0.15, -0.1) is 0 Å². The number of furan rings is 1. The highest BCUT2D eigenvalue weighted by Gasteiger charge is 2.13. The molecule has 1 heterocycles. The summed E-state index contributed by atoms with van der Waals surface area (Å²) in [5.74, 6) is 1.48. The highest BCUT2D eigenvalue weighted by Crippen LogP contribution is 2.20. The lowest BCUT2D eigenvalue weighted by Crippen LogP contribution is -2.32. The maximum absolute atomic E-state index is 11.8. The van der Waals surface area contributed by atoms with Crippen LogP contribution in [0.5, 0.6) is 5.75 Å². The van der Waals surface area contributed by atoms with E-state index in [1.165, 1.54) is 0 Å². The molecule has 124 valence electrons. The molecule has 0 saturated heterocycles. The van der Waals surface area contributed by atoms with E-state index in [2.05, 4.69) is 5.32 Å². The molecule has 1 aromatic heterocycles. The summed E-state index contributed by atoms with van der Waals surface area (Å²) in [6, 6.07) is 17.1. The van der Waals surface area contributed by atoms with Crippen LogP contribution in [0, 0.1) is 6.92 Å². The van der Waals surface area contributed by atoms with Gasteiger partial charge in [-0.2, -0.15) is 0 Å². The summed E-state index contributed by atoms with van der Waals surface area (Å²) >= 11 is 0. The molecule has 2 N–H and O–H groups in total. The zero-order chi connectivity index (χ0) is 16.9. The van der Waals surface area contributed by atoms with Crippen LogP contribution < -0.4 is 10.1 Å². The first kappa shape index (κ1) is 16.1. The molecule has 1 unspecified atom stereocenters. The monoisotopic (exact) mass is 325 g/mol. The molecule has 0 fully saturated rings. The van der Waals surface area contributed by atoms with Gasteiger partial charge >= 0.3 is 0 Å². The van der Waals surface area contributed by atoms with E-state index in [9.17, 15) is 9.90 Å². The van der Waals surface area contributed by atoms with Crippen molar-refractivity contribution in [3.05, 3.63) is 66.1 Å². The average molecular weight is 325 g/mol. The molecule has 5 nitrogen and oxygen atoms in total. The van der Waals surface area contributed by atoms with Crippen molar-refractivity contribution in [2.24, 2.45) is 0 Å². The predicted molar refractivity (Wildman–Crippen MR) is 90.9 cm³/mol. The van der Waals surface area contributed by atoms with Crippen molar-refractivity contribution in [2.75, 3.05) is 13.2 Å². The fourth-order valence-electron chi connectivity index (χ4n) is 2.40. The summed E-state index contributed by atoms with van der Waals surface area (Å²) in [4.78, 5) is 11.8. The Hall–Kier alpha value is -2.79. The Morgan fingerprint density at radius 3 is 2.71 bits per heavy atom. The predicted octanol–water partition coefficient (Wildman–Crippen LogP) is 2.97. The molecule has 0 radical (unpaired) electrons. The first-order valence-electron chi connectivity index (χ1n) is 7.74. The molecular weight excluding hydrogens is 306 g/mol. The van der Waals surface area contributed by atoms with Crippen molar-refractivity contribution in [1.82, 2.24) is 5.32 Å². The number of aliphatic hydroxyl groups excluding tert-OH is 1. The maximum atomic E-state index is 11.8. The number of aryl methyl sites for hydroxylation is 1. The molecule has 0 bridgehead atoms. The SMILES string of the molecule is Cc1ccc(C(O)CNC(=O)COc2ccc3ccccc3c2)o1. The Labute approximate surface area is 139 Å². The Kier molecular flexibility index (Phi) is 4.82. The van der Waals surface area contributed by atoms with Gasteiger partial charge in [-0.3, -0.25) is 4.79 Å². The van der Waals surface area contributed by atoms with E-state index >= 15 is 0 Å². The molecule has 3 aromatic rings. The first-order chi connectivity index (χ1) is 11.6. The quantitative estimate of drug-likeness (QED) is 0.731. The average Bonchev–Trinajstić information content (AvgIpc) is 3.04. The van der Waals surface area contributed by atoms with Crippen LogP contribution in [0.4, 0.5) is 0 Å². The van der Waals surface area contributed by atoms with Gasteiger partial charge in [0.1, 0.15) is 23.4 Å². The second-order valence-corrected chi connectivity index (χ2v) is 5.57. The minimum atomic E-state index is -0.872. The van der Waals surface area contributed by atoms with Gasteiger partial charge in [-0.05, 0) is 42.0 Å². The second-order valence-electron chi connectivity index (χ2n) is 5.57. The number of hydrogen-bond acceptors (Lipinski definition) is 4. The topological polar surface area (TPSA) is 71.7 Å². The summed E-state index contributed by atoms with van der Waals surface area (Å²) in [7, 11) is 0. The van der Waals surface area contributed by atoms with E-state index in [1.54, 1.807) is 19.1 Å². The van der Waals surface area contributed by atoms with Gasteiger partial charge in [0.25, 0.3) is 5.91 Å². The minimum Gasteiger partial charge on any atom is -0.484 e. The van der Waals surface area contributed by atoms with Crippen molar-refractivity contribution in [1.29, 1.82) is 0 Å². The molecule has 0 aliphatic carbocycles. The number of fused-ring (bicyclic) bond motifs is 1. The van der Waals surface area contributed by atoms with E-state index < -0.39 is 6.10 Å². The Balaban J connectivity index is 1.49. The minimum absolute atomic E-state index is 0.0763. The third-order valence-corrected chi connectivity index (χ3v) is 3.67. The molecule has 0 aliphatic heterocycles. The number of carbonyl (C=O) groups is 1. The molecule has 1 atom stereocenters. The standard InChI is InChI=1S/C19H19NO4/c1-13-6-9-18(24-13)17(21)11-20-19(22)12-23-16-8-7-14-4-2-3-5-15(14)10-16/h2-10,17,21H,11-12H2,1H3,(H,20,22). The van der Waals surface area contributed by atoms with Crippen LogP contribution in [0.2, 0.25) is 0 Å². The highest BCUT2D eigenvalue weighted by atomic mass is 16.5. The molecule has 0 spiro atoms. The molecular formula is C19H19NO4. The number of nitrogens with one attached hydrogen (secondary N) is 1. The van der Waals surface area contributed by atoms with Crippen LogP contribution >= 0.6 is 0 Å². The largest absolute Gasteiger partial charge is 0.484 e. The van der Waals surface area contributed by atoms with Gasteiger partial charge < -0.3 is 19.6 Å². The van der Waals surface area contributed by atoms with Crippen molar-refractivity contribution in [3.63, 3.8) is 0 Å². The summed E-state index contributed by atoms with van der Waals surface area (Å²) in [6.45, 7) is 1.77. The Morgan fingerprint density at radius 1 is 1.17 bits per heavy atom. The molecule has 3 rings (SSSR count). The van der Waals surface area contributed by atoms with Crippen molar-refractivity contribution in [2.45, 2.75) is 13.0 Å². The fraction of sp³-hybridized carbons (Fsp3) is 0.211. The van der Waals surface area contributed by atoms with Gasteiger partial charge in [-0.1, -0.05) is 30.3 Å². The van der Waals surface area contributed by atoms with Crippen molar-refractivity contribution >= 4 is 16.7 Å². The van der Waals surface area contributed by atoms with Crippen LogP contribution in [0.1, 0.15) is 17.6 Å². The summed E-state index contributed by atoms with van der Waals surface area (Å²) < 4.78 is 10.8. The van der Waals surface area contributed by atoms with Crippen LogP contribution in [0.3, 0.4) is 0 Å². The van der Waals surface area contributed by atoms with E-state index in [0.717, 1.165) is 16.5 Å². The fourth-order valence-corrected chi connectivity index (χ4v) is 2.40. The zero-order valence-electron chi connectivity index (χ0n) is 13.4. The Bertz CT molecular complexity index is 840. The molecule has 5 heteroatoms. The number of hydrogen-bond donors (Lipinski definition) is 2. The van der Waals surface area contributed by atoms with Crippen LogP contribution in [-0.2, 0) is 4.79 Å².